The molecule has 0 N–H and O–H groups in total. The molecule has 1 heterocycles. The van der Waals surface area contributed by atoms with Crippen molar-refractivity contribution in [3.63, 3.8) is 0 Å². The summed E-state index contributed by atoms with van der Waals surface area (Å²) >= 11 is 0. The fraction of sp³-hybridized carbons (Fsp3) is 0.500. The van der Waals surface area contributed by atoms with Crippen LogP contribution < -0.4 is 0 Å². The molecule has 1 saturated heterocycles. The van der Waals surface area contributed by atoms with Crippen LogP contribution >= 0.6 is 0 Å². The fourth-order valence-electron chi connectivity index (χ4n) is 2.77. The van der Waals surface area contributed by atoms with Gasteiger partial charge in [-0.15, -0.1) is 0 Å². The van der Waals surface area contributed by atoms with E-state index in [4.69, 9.17) is 9.47 Å². The first-order valence-electron chi connectivity index (χ1n) is 7.00. The number of hydrogen-bond acceptors (Lipinski definition) is 4. The van der Waals surface area contributed by atoms with E-state index >= 15 is 0 Å². The average Bonchev–Trinajstić information content (AvgIpc) is 3.34. The molecule has 1 aliphatic carbocycles. The van der Waals surface area contributed by atoms with Crippen LogP contribution in [0.4, 0.5) is 0 Å². The van der Waals surface area contributed by atoms with Crippen LogP contribution in [-0.4, -0.2) is 25.0 Å². The second-order valence-corrected chi connectivity index (χ2v) is 5.61. The molecular formula is C16H18O4. The number of ether oxygens (including phenoxy) is 2. The van der Waals surface area contributed by atoms with Crippen molar-refractivity contribution in [3.8, 4) is 0 Å². The molecule has 0 spiro atoms. The molecule has 0 radical (unpaired) electrons. The lowest BCUT2D eigenvalue weighted by atomic mass is 9.94. The van der Waals surface area contributed by atoms with Crippen molar-refractivity contribution in [2.75, 3.05) is 6.61 Å². The predicted octanol–water partition coefficient (Wildman–Crippen LogP) is 2.17. The third-order valence-electron chi connectivity index (χ3n) is 4.25. The highest BCUT2D eigenvalue weighted by atomic mass is 16.6. The van der Waals surface area contributed by atoms with Gasteiger partial charge < -0.3 is 14.3 Å². The molecule has 1 saturated carbocycles. The Bertz CT molecular complexity index is 553. The van der Waals surface area contributed by atoms with Gasteiger partial charge in [0.05, 0.1) is 12.5 Å². The van der Waals surface area contributed by atoms with Crippen LogP contribution in [0.5, 0.6) is 0 Å². The lowest BCUT2D eigenvalue weighted by Gasteiger charge is -2.08. The monoisotopic (exact) mass is 274 g/mol. The van der Waals surface area contributed by atoms with Gasteiger partial charge in [0.15, 0.2) is 6.29 Å². The molecule has 4 atom stereocenters. The van der Waals surface area contributed by atoms with E-state index in [9.17, 15) is 9.59 Å². The van der Waals surface area contributed by atoms with Gasteiger partial charge in [0, 0.05) is 0 Å². The number of hydrogen-bond donors (Lipinski definition) is 0. The zero-order valence-corrected chi connectivity index (χ0v) is 11.7. The van der Waals surface area contributed by atoms with Crippen molar-refractivity contribution >= 4 is 12.3 Å². The van der Waals surface area contributed by atoms with E-state index in [2.05, 4.69) is 0 Å². The number of carbonyl (C=O) groups is 2. The molecule has 2 aliphatic rings. The number of rotatable bonds is 5. The van der Waals surface area contributed by atoms with Crippen molar-refractivity contribution in [1.29, 1.82) is 0 Å². The Hall–Kier alpha value is -1.68. The topological polar surface area (TPSA) is 55.9 Å². The van der Waals surface area contributed by atoms with E-state index in [1.165, 1.54) is 0 Å². The first-order chi connectivity index (χ1) is 9.60. The predicted molar refractivity (Wildman–Crippen MR) is 72.2 cm³/mol. The average molecular weight is 274 g/mol. The quantitative estimate of drug-likeness (QED) is 0.469. The fourth-order valence-corrected chi connectivity index (χ4v) is 2.77. The summed E-state index contributed by atoms with van der Waals surface area (Å²) in [6.45, 7) is 4.16. The summed E-state index contributed by atoms with van der Waals surface area (Å²) in [5, 5.41) is 0. The molecule has 4 heteroatoms. The molecule has 20 heavy (non-hydrogen) atoms. The zero-order chi connectivity index (χ0) is 14.3. The highest BCUT2D eigenvalue weighted by Crippen LogP contribution is 2.50. The summed E-state index contributed by atoms with van der Waals surface area (Å²) in [6.07, 6.45) is 1.33. The van der Waals surface area contributed by atoms with E-state index in [1.54, 1.807) is 0 Å². The number of carbonyl (C=O) groups excluding carboxylic acids is 2. The smallest absolute Gasteiger partial charge is 0.309 e. The zero-order valence-electron chi connectivity index (χ0n) is 11.7. The van der Waals surface area contributed by atoms with Gasteiger partial charge in [-0.1, -0.05) is 24.3 Å². The molecule has 3 unspecified atom stereocenters. The SMILES string of the molecule is CCOC(=O)[C@@H]1CC1c1cccc(C2(C)OC2C=O)c1. The number of epoxide rings is 1. The third-order valence-corrected chi connectivity index (χ3v) is 4.25. The van der Waals surface area contributed by atoms with Crippen molar-refractivity contribution in [1.82, 2.24) is 0 Å². The maximum Gasteiger partial charge on any atom is 0.309 e. The van der Waals surface area contributed by atoms with Crippen molar-refractivity contribution < 1.29 is 19.1 Å². The molecule has 1 aromatic carbocycles. The van der Waals surface area contributed by atoms with E-state index in [0.717, 1.165) is 23.8 Å². The lowest BCUT2D eigenvalue weighted by molar-refractivity contribution is -0.144. The Morgan fingerprint density at radius 1 is 1.55 bits per heavy atom. The van der Waals surface area contributed by atoms with Crippen molar-refractivity contribution in [2.24, 2.45) is 5.92 Å². The van der Waals surface area contributed by atoms with Crippen LogP contribution in [0, 0.1) is 5.92 Å². The Labute approximate surface area is 118 Å². The summed E-state index contributed by atoms with van der Waals surface area (Å²) in [4.78, 5) is 22.5. The van der Waals surface area contributed by atoms with Gasteiger partial charge in [-0.2, -0.15) is 0 Å². The number of esters is 1. The normalized spacial score (nSPS) is 34.4. The molecule has 0 aromatic heterocycles. The van der Waals surface area contributed by atoms with Gasteiger partial charge in [-0.3, -0.25) is 4.79 Å². The number of benzene rings is 1. The van der Waals surface area contributed by atoms with Crippen LogP contribution in [0.2, 0.25) is 0 Å². The van der Waals surface area contributed by atoms with Gasteiger partial charge in [0.1, 0.15) is 11.7 Å². The lowest BCUT2D eigenvalue weighted by Crippen LogP contribution is -2.09. The Kier molecular flexibility index (Phi) is 3.13. The highest BCUT2D eigenvalue weighted by Gasteiger charge is 2.54. The molecule has 1 aliphatic heterocycles. The second-order valence-electron chi connectivity index (χ2n) is 5.61. The Morgan fingerprint density at radius 3 is 3.00 bits per heavy atom. The molecule has 4 nitrogen and oxygen atoms in total. The molecule has 1 aromatic rings. The van der Waals surface area contributed by atoms with Crippen LogP contribution in [0.15, 0.2) is 24.3 Å². The van der Waals surface area contributed by atoms with Crippen LogP contribution in [0.3, 0.4) is 0 Å². The second kappa shape index (κ2) is 4.70. The summed E-state index contributed by atoms with van der Waals surface area (Å²) in [7, 11) is 0. The third kappa shape index (κ3) is 2.14. The van der Waals surface area contributed by atoms with Crippen LogP contribution in [-0.2, 0) is 24.7 Å². The van der Waals surface area contributed by atoms with Gasteiger partial charge in [-0.25, -0.2) is 0 Å². The summed E-state index contributed by atoms with van der Waals surface area (Å²) in [6, 6.07) is 8.00. The van der Waals surface area contributed by atoms with E-state index in [-0.39, 0.29) is 23.9 Å². The minimum Gasteiger partial charge on any atom is -0.466 e. The first kappa shape index (κ1) is 13.3. The highest BCUT2D eigenvalue weighted by molar-refractivity contribution is 5.77. The van der Waals surface area contributed by atoms with E-state index < -0.39 is 5.60 Å². The molecule has 2 fully saturated rings. The minimum absolute atomic E-state index is 0.0139. The summed E-state index contributed by atoms with van der Waals surface area (Å²) in [5.74, 6) is 0.119. The molecule has 3 rings (SSSR count). The van der Waals surface area contributed by atoms with Gasteiger partial charge in [0.25, 0.3) is 0 Å². The summed E-state index contributed by atoms with van der Waals surface area (Å²) < 4.78 is 10.5. The van der Waals surface area contributed by atoms with Gasteiger partial charge in [-0.05, 0) is 37.3 Å². The van der Waals surface area contributed by atoms with Crippen LogP contribution in [0.1, 0.15) is 37.3 Å². The molecule has 106 valence electrons. The maximum atomic E-state index is 11.7. The Balaban J connectivity index is 1.74. The maximum absolute atomic E-state index is 11.7. The van der Waals surface area contributed by atoms with E-state index in [0.29, 0.717) is 6.61 Å². The van der Waals surface area contributed by atoms with Crippen molar-refractivity contribution in [3.05, 3.63) is 35.4 Å². The van der Waals surface area contributed by atoms with E-state index in [1.807, 2.05) is 38.1 Å². The van der Waals surface area contributed by atoms with Gasteiger partial charge in [0.2, 0.25) is 0 Å². The molecule has 0 amide bonds. The first-order valence-corrected chi connectivity index (χ1v) is 7.00. The van der Waals surface area contributed by atoms with Gasteiger partial charge >= 0.3 is 5.97 Å². The Morgan fingerprint density at radius 2 is 2.35 bits per heavy atom. The largest absolute Gasteiger partial charge is 0.466 e. The van der Waals surface area contributed by atoms with Crippen molar-refractivity contribution in [2.45, 2.75) is 37.9 Å². The van der Waals surface area contributed by atoms with Crippen LogP contribution in [0.25, 0.3) is 0 Å². The molecular weight excluding hydrogens is 256 g/mol. The standard InChI is InChI=1S/C16H18O4/c1-3-19-15(18)13-8-12(13)10-5-4-6-11(7-10)16(2)14(9-17)20-16/h4-7,9,12-14H,3,8H2,1-2H3/t12?,13-,14?,16?/m1/s1. The number of aldehydes is 1. The molecule has 0 bridgehead atoms. The minimum atomic E-state index is -0.494. The summed E-state index contributed by atoms with van der Waals surface area (Å²) in [5.41, 5.74) is 1.63.